The maximum atomic E-state index is 11.1. The lowest BCUT2D eigenvalue weighted by atomic mass is 9.95. The van der Waals surface area contributed by atoms with E-state index in [4.69, 9.17) is 15.4 Å². The molecular formula is C50H26N4O2. The lowest BCUT2D eigenvalue weighted by Crippen LogP contribution is -2.06. The Morgan fingerprint density at radius 2 is 0.929 bits per heavy atom. The standard InChI is InChI=1S/C50H26N4O2/c1-52-39-23-30(28-51)49(53-40-19-9-5-15-31(40)35-26-46-37(24-42(35)53)33-17-7-11-21-44(33)55-46)48(29-13-3-2-4-14-29)50(39)54-41-20-10-6-16-32(41)36-27-47-38(25-43(36)54)34-18-8-12-22-45(34)56-47/h2-27H. The van der Waals surface area contributed by atoms with E-state index in [2.05, 4.69) is 92.8 Å². The van der Waals surface area contributed by atoms with Gasteiger partial charge in [0.1, 0.15) is 28.4 Å². The smallest absolute Gasteiger partial charge is 0.212 e. The van der Waals surface area contributed by atoms with Gasteiger partial charge in [0.2, 0.25) is 5.69 Å². The molecule has 4 aromatic heterocycles. The number of hydrogen-bond donors (Lipinski definition) is 0. The fourth-order valence-corrected chi connectivity index (χ4v) is 9.01. The van der Waals surface area contributed by atoms with E-state index >= 15 is 0 Å². The van der Waals surface area contributed by atoms with Gasteiger partial charge >= 0.3 is 0 Å². The van der Waals surface area contributed by atoms with Crippen LogP contribution in [0.3, 0.4) is 0 Å². The Morgan fingerprint density at radius 1 is 0.446 bits per heavy atom. The normalized spacial score (nSPS) is 11.9. The van der Waals surface area contributed by atoms with Crippen LogP contribution in [0.15, 0.2) is 167 Å². The van der Waals surface area contributed by atoms with E-state index in [-0.39, 0.29) is 0 Å². The first-order valence-electron chi connectivity index (χ1n) is 18.4. The Kier molecular flexibility index (Phi) is 6.10. The van der Waals surface area contributed by atoms with Crippen molar-refractivity contribution in [2.75, 3.05) is 0 Å². The molecule has 0 amide bonds. The van der Waals surface area contributed by atoms with Gasteiger partial charge in [-0.25, -0.2) is 4.85 Å². The molecule has 0 atom stereocenters. The highest BCUT2D eigenvalue weighted by atomic mass is 16.3. The van der Waals surface area contributed by atoms with E-state index in [1.807, 2.05) is 78.9 Å². The summed E-state index contributed by atoms with van der Waals surface area (Å²) in [6.45, 7) is 8.68. The Hall–Kier alpha value is -8.06. The second-order valence-electron chi connectivity index (χ2n) is 14.2. The quantitative estimate of drug-likeness (QED) is 0.171. The molecule has 0 saturated heterocycles. The van der Waals surface area contributed by atoms with Crippen LogP contribution in [0, 0.1) is 17.9 Å². The summed E-state index contributed by atoms with van der Waals surface area (Å²) in [5, 5.41) is 19.2. The molecule has 6 nitrogen and oxygen atoms in total. The maximum Gasteiger partial charge on any atom is 0.212 e. The number of para-hydroxylation sites is 4. The van der Waals surface area contributed by atoms with Crippen LogP contribution in [-0.4, -0.2) is 9.13 Å². The third kappa shape index (κ3) is 4.02. The number of benzene rings is 8. The molecule has 8 aromatic carbocycles. The van der Waals surface area contributed by atoms with Crippen molar-refractivity contribution in [3.63, 3.8) is 0 Å². The molecule has 4 heterocycles. The Bertz CT molecular complexity index is 3510. The summed E-state index contributed by atoms with van der Waals surface area (Å²) < 4.78 is 17.2. The van der Waals surface area contributed by atoms with Crippen molar-refractivity contribution >= 4 is 93.2 Å². The van der Waals surface area contributed by atoms with Crippen molar-refractivity contribution in [1.82, 2.24) is 9.13 Å². The number of fused-ring (bicyclic) bond motifs is 12. The number of nitriles is 1. The molecule has 12 rings (SSSR count). The third-order valence-corrected chi connectivity index (χ3v) is 11.3. The van der Waals surface area contributed by atoms with Crippen molar-refractivity contribution in [2.45, 2.75) is 0 Å². The first-order valence-corrected chi connectivity index (χ1v) is 18.4. The fourth-order valence-electron chi connectivity index (χ4n) is 9.01. The van der Waals surface area contributed by atoms with Crippen LogP contribution in [0.4, 0.5) is 5.69 Å². The number of aromatic nitrogens is 2. The number of furan rings is 2. The zero-order valence-corrected chi connectivity index (χ0v) is 29.6. The second-order valence-corrected chi connectivity index (χ2v) is 14.2. The fraction of sp³-hybridized carbons (Fsp3) is 0. The number of nitrogens with zero attached hydrogens (tertiary/aromatic N) is 4. The average Bonchev–Trinajstić information content (AvgIpc) is 3.99. The van der Waals surface area contributed by atoms with Gasteiger partial charge in [-0.2, -0.15) is 5.26 Å². The summed E-state index contributed by atoms with van der Waals surface area (Å²) >= 11 is 0. The van der Waals surface area contributed by atoms with Gasteiger partial charge in [-0.1, -0.05) is 103 Å². The molecule has 0 aliphatic heterocycles. The zero-order chi connectivity index (χ0) is 37.1. The molecule has 12 aromatic rings. The summed E-state index contributed by atoms with van der Waals surface area (Å²) in [6.07, 6.45) is 0. The molecule has 0 aliphatic rings. The molecule has 0 bridgehead atoms. The minimum atomic E-state index is 0.382. The van der Waals surface area contributed by atoms with Gasteiger partial charge in [-0.05, 0) is 60.2 Å². The Morgan fingerprint density at radius 3 is 1.46 bits per heavy atom. The van der Waals surface area contributed by atoms with E-state index in [0.29, 0.717) is 22.6 Å². The highest BCUT2D eigenvalue weighted by Gasteiger charge is 2.28. The van der Waals surface area contributed by atoms with Gasteiger partial charge in [-0.15, -0.1) is 0 Å². The minimum absolute atomic E-state index is 0.382. The van der Waals surface area contributed by atoms with E-state index in [1.54, 1.807) is 6.07 Å². The molecule has 56 heavy (non-hydrogen) atoms. The molecule has 0 N–H and O–H groups in total. The SMILES string of the molecule is [C-]#[N+]c1cc(C#N)c(-n2c3ccccc3c3cc4oc5ccccc5c4cc32)c(-c2ccccc2)c1-n1c2ccccc2c2cc3oc4ccccc4c3cc21. The number of rotatable bonds is 3. The van der Waals surface area contributed by atoms with Crippen LogP contribution >= 0.6 is 0 Å². The van der Waals surface area contributed by atoms with Crippen LogP contribution < -0.4 is 0 Å². The van der Waals surface area contributed by atoms with Crippen LogP contribution in [0.25, 0.3) is 115 Å². The van der Waals surface area contributed by atoms with Crippen molar-refractivity contribution in [1.29, 1.82) is 5.26 Å². The molecule has 0 radical (unpaired) electrons. The third-order valence-electron chi connectivity index (χ3n) is 11.3. The zero-order valence-electron chi connectivity index (χ0n) is 29.6. The second kappa shape index (κ2) is 11.2. The highest BCUT2D eigenvalue weighted by Crippen LogP contribution is 2.48. The highest BCUT2D eigenvalue weighted by molar-refractivity contribution is 6.20. The predicted octanol–water partition coefficient (Wildman–Crippen LogP) is 13.8. The van der Waals surface area contributed by atoms with E-state index < -0.39 is 0 Å². The van der Waals surface area contributed by atoms with Crippen LogP contribution in [0.2, 0.25) is 0 Å². The van der Waals surface area contributed by atoms with Gasteiger partial charge in [-0.3, -0.25) is 0 Å². The average molecular weight is 715 g/mol. The van der Waals surface area contributed by atoms with Crippen LogP contribution in [0.5, 0.6) is 0 Å². The maximum absolute atomic E-state index is 11.1. The summed E-state index contributed by atoms with van der Waals surface area (Å²) in [5.74, 6) is 0. The molecule has 6 heteroatoms. The van der Waals surface area contributed by atoms with E-state index in [0.717, 1.165) is 98.6 Å². The minimum Gasteiger partial charge on any atom is -0.456 e. The van der Waals surface area contributed by atoms with Crippen molar-refractivity contribution < 1.29 is 8.83 Å². The topological polar surface area (TPSA) is 64.3 Å². The molecule has 0 saturated carbocycles. The monoisotopic (exact) mass is 714 g/mol. The number of hydrogen-bond acceptors (Lipinski definition) is 3. The van der Waals surface area contributed by atoms with Crippen molar-refractivity contribution in [3.8, 4) is 28.6 Å². The predicted molar refractivity (Wildman–Crippen MR) is 226 cm³/mol. The summed E-state index contributed by atoms with van der Waals surface area (Å²) in [7, 11) is 0. The van der Waals surface area contributed by atoms with Gasteiger partial charge in [0.25, 0.3) is 0 Å². The van der Waals surface area contributed by atoms with Gasteiger partial charge in [0.15, 0.2) is 0 Å². The summed E-state index contributed by atoms with van der Waals surface area (Å²) in [5.41, 5.74) is 10.9. The largest absolute Gasteiger partial charge is 0.456 e. The van der Waals surface area contributed by atoms with Gasteiger partial charge in [0.05, 0.1) is 45.6 Å². The van der Waals surface area contributed by atoms with E-state index in [9.17, 15) is 5.26 Å². The molecule has 0 fully saturated rings. The van der Waals surface area contributed by atoms with Gasteiger partial charge < -0.3 is 18.0 Å². The van der Waals surface area contributed by atoms with Crippen LogP contribution in [-0.2, 0) is 0 Å². The summed E-state index contributed by atoms with van der Waals surface area (Å²) in [4.78, 5) is 4.19. The Labute approximate surface area is 318 Å². The molecular weight excluding hydrogens is 689 g/mol. The first kappa shape index (κ1) is 30.4. The van der Waals surface area contributed by atoms with E-state index in [1.165, 1.54) is 0 Å². The van der Waals surface area contributed by atoms with Crippen molar-refractivity contribution in [3.05, 3.63) is 175 Å². The Balaban J connectivity index is 1.31. The molecule has 0 spiro atoms. The molecule has 0 unspecified atom stereocenters. The lowest BCUT2D eigenvalue weighted by molar-refractivity contribution is 0.669. The van der Waals surface area contributed by atoms with Gasteiger partial charge in [0, 0.05) is 48.7 Å². The van der Waals surface area contributed by atoms with Crippen molar-refractivity contribution in [2.24, 2.45) is 0 Å². The molecule has 258 valence electrons. The molecule has 0 aliphatic carbocycles. The van der Waals surface area contributed by atoms with Crippen LogP contribution in [0.1, 0.15) is 5.56 Å². The lowest BCUT2D eigenvalue weighted by Gasteiger charge is -2.23. The summed E-state index contributed by atoms with van der Waals surface area (Å²) in [6, 6.07) is 55.9. The first-order chi connectivity index (χ1) is 27.7.